The third-order valence-corrected chi connectivity index (χ3v) is 4.57. The maximum atomic E-state index is 11.4. The molecule has 6 nitrogen and oxygen atoms in total. The summed E-state index contributed by atoms with van der Waals surface area (Å²) in [6.45, 7) is 4.36. The van der Waals surface area contributed by atoms with Gasteiger partial charge in [-0.05, 0) is 12.1 Å². The number of benzene rings is 2. The Kier molecular flexibility index (Phi) is 3.92. The number of carbonyl (C=O) groups is 1. The lowest BCUT2D eigenvalue weighted by Gasteiger charge is -2.26. The number of rotatable bonds is 4. The molecule has 1 N–H and O–H groups in total. The third kappa shape index (κ3) is 2.64. The Morgan fingerprint density at radius 1 is 1.12 bits per heavy atom. The molecule has 0 amide bonds. The standard InChI is InChI=1S/C18H18N2O4/c21-18(22)14-3-1-2-13-12(14)4-5-15-16(19-24-17(13)15)6-7-20-8-10-23-11-9-20/h1-5H,6-11H2,(H,21,22). The van der Waals surface area contributed by atoms with Crippen LogP contribution in [0.15, 0.2) is 34.9 Å². The quantitative estimate of drug-likeness (QED) is 0.794. The van der Waals surface area contributed by atoms with Crippen molar-refractivity contribution in [3.05, 3.63) is 41.6 Å². The second kappa shape index (κ2) is 6.22. The summed E-state index contributed by atoms with van der Waals surface area (Å²) < 4.78 is 10.9. The van der Waals surface area contributed by atoms with E-state index in [4.69, 9.17) is 9.26 Å². The van der Waals surface area contributed by atoms with Gasteiger partial charge in [-0.15, -0.1) is 0 Å². The number of hydrogen-bond acceptors (Lipinski definition) is 5. The van der Waals surface area contributed by atoms with Crippen LogP contribution in [0, 0.1) is 0 Å². The maximum absolute atomic E-state index is 11.4. The van der Waals surface area contributed by atoms with E-state index in [1.807, 2.05) is 18.2 Å². The van der Waals surface area contributed by atoms with Crippen molar-refractivity contribution in [3.63, 3.8) is 0 Å². The number of fused-ring (bicyclic) bond motifs is 3. The molecule has 0 saturated carbocycles. The maximum Gasteiger partial charge on any atom is 0.336 e. The Hall–Kier alpha value is -2.44. The Morgan fingerprint density at radius 3 is 2.71 bits per heavy atom. The molecule has 0 bridgehead atoms. The molecule has 0 radical (unpaired) electrons. The first-order valence-corrected chi connectivity index (χ1v) is 8.07. The lowest BCUT2D eigenvalue weighted by atomic mass is 10.0. The number of ether oxygens (including phenoxy) is 1. The van der Waals surface area contributed by atoms with Gasteiger partial charge in [0.2, 0.25) is 0 Å². The topological polar surface area (TPSA) is 75.8 Å². The molecule has 0 aliphatic carbocycles. The highest BCUT2D eigenvalue weighted by molar-refractivity contribution is 6.12. The van der Waals surface area contributed by atoms with Gasteiger partial charge in [0.1, 0.15) is 0 Å². The van der Waals surface area contributed by atoms with Crippen molar-refractivity contribution >= 4 is 27.7 Å². The lowest BCUT2D eigenvalue weighted by molar-refractivity contribution is 0.0383. The molecule has 3 aromatic rings. The molecule has 1 fully saturated rings. The third-order valence-electron chi connectivity index (χ3n) is 4.57. The summed E-state index contributed by atoms with van der Waals surface area (Å²) in [6.07, 6.45) is 0.803. The Balaban J connectivity index is 1.68. The molecule has 1 aliphatic heterocycles. The van der Waals surface area contributed by atoms with Crippen molar-refractivity contribution in [2.24, 2.45) is 0 Å². The highest BCUT2D eigenvalue weighted by Crippen LogP contribution is 2.30. The molecule has 6 heteroatoms. The van der Waals surface area contributed by atoms with Crippen molar-refractivity contribution in [2.45, 2.75) is 6.42 Å². The number of carboxylic acids is 1. The van der Waals surface area contributed by atoms with E-state index in [2.05, 4.69) is 10.1 Å². The average molecular weight is 326 g/mol. The van der Waals surface area contributed by atoms with Gasteiger partial charge in [0.25, 0.3) is 0 Å². The van der Waals surface area contributed by atoms with Crippen LogP contribution in [-0.2, 0) is 11.2 Å². The predicted octanol–water partition coefficient (Wildman–Crippen LogP) is 2.55. The van der Waals surface area contributed by atoms with E-state index >= 15 is 0 Å². The molecule has 4 rings (SSSR count). The minimum Gasteiger partial charge on any atom is -0.478 e. The summed E-state index contributed by atoms with van der Waals surface area (Å²) in [5.41, 5.74) is 1.85. The van der Waals surface area contributed by atoms with Crippen molar-refractivity contribution < 1.29 is 19.2 Å². The Morgan fingerprint density at radius 2 is 1.92 bits per heavy atom. The Bertz CT molecular complexity index is 897. The van der Waals surface area contributed by atoms with Crippen LogP contribution in [0.1, 0.15) is 16.1 Å². The van der Waals surface area contributed by atoms with Gasteiger partial charge in [0.15, 0.2) is 5.58 Å². The zero-order valence-corrected chi connectivity index (χ0v) is 13.2. The van der Waals surface area contributed by atoms with Gasteiger partial charge in [-0.25, -0.2) is 4.79 Å². The highest BCUT2D eigenvalue weighted by Gasteiger charge is 2.16. The molecular formula is C18H18N2O4. The van der Waals surface area contributed by atoms with Gasteiger partial charge in [-0.1, -0.05) is 23.4 Å². The van der Waals surface area contributed by atoms with Crippen molar-refractivity contribution in [1.82, 2.24) is 10.1 Å². The summed E-state index contributed by atoms with van der Waals surface area (Å²) in [5, 5.41) is 16.0. The van der Waals surface area contributed by atoms with E-state index in [0.29, 0.717) is 11.0 Å². The van der Waals surface area contributed by atoms with Crippen LogP contribution in [0.25, 0.3) is 21.7 Å². The summed E-state index contributed by atoms with van der Waals surface area (Å²) in [6, 6.07) is 8.97. The number of aromatic nitrogens is 1. The SMILES string of the molecule is O=C(O)c1cccc2c1ccc1c(CCN3CCOCC3)noc12. The van der Waals surface area contributed by atoms with Crippen molar-refractivity contribution in [3.8, 4) is 0 Å². The van der Waals surface area contributed by atoms with Crippen LogP contribution in [0.2, 0.25) is 0 Å². The van der Waals surface area contributed by atoms with Crippen LogP contribution in [0.5, 0.6) is 0 Å². The first kappa shape index (κ1) is 15.1. The van der Waals surface area contributed by atoms with Crippen LogP contribution < -0.4 is 0 Å². The number of carboxylic acid groups (broad SMARTS) is 1. The minimum atomic E-state index is -0.938. The molecule has 0 spiro atoms. The second-order valence-electron chi connectivity index (χ2n) is 5.98. The van der Waals surface area contributed by atoms with Gasteiger partial charge in [0.05, 0.1) is 24.5 Å². The highest BCUT2D eigenvalue weighted by atomic mass is 16.5. The molecule has 1 aromatic heterocycles. The number of hydrogen-bond donors (Lipinski definition) is 1. The van der Waals surface area contributed by atoms with Crippen LogP contribution in [0.4, 0.5) is 0 Å². The van der Waals surface area contributed by atoms with Gasteiger partial charge in [-0.3, -0.25) is 4.90 Å². The van der Waals surface area contributed by atoms with E-state index in [-0.39, 0.29) is 5.56 Å². The molecule has 1 aliphatic rings. The van der Waals surface area contributed by atoms with Gasteiger partial charge in [-0.2, -0.15) is 0 Å². The fraction of sp³-hybridized carbons (Fsp3) is 0.333. The zero-order valence-electron chi connectivity index (χ0n) is 13.2. The molecule has 124 valence electrons. The fourth-order valence-electron chi connectivity index (χ4n) is 3.26. The van der Waals surface area contributed by atoms with E-state index in [0.717, 1.165) is 55.7 Å². The smallest absolute Gasteiger partial charge is 0.336 e. The number of aromatic carboxylic acids is 1. The number of morpholine rings is 1. The fourth-order valence-corrected chi connectivity index (χ4v) is 3.26. The molecule has 1 saturated heterocycles. The van der Waals surface area contributed by atoms with Gasteiger partial charge in [0, 0.05) is 42.2 Å². The lowest BCUT2D eigenvalue weighted by Crippen LogP contribution is -2.37. The molecule has 0 atom stereocenters. The predicted molar refractivity (Wildman–Crippen MR) is 89.4 cm³/mol. The first-order valence-electron chi connectivity index (χ1n) is 8.07. The second-order valence-corrected chi connectivity index (χ2v) is 5.98. The summed E-state index contributed by atoms with van der Waals surface area (Å²) >= 11 is 0. The van der Waals surface area contributed by atoms with Crippen LogP contribution in [-0.4, -0.2) is 54.0 Å². The van der Waals surface area contributed by atoms with Crippen LogP contribution in [0.3, 0.4) is 0 Å². The van der Waals surface area contributed by atoms with E-state index in [1.54, 1.807) is 12.1 Å². The van der Waals surface area contributed by atoms with Gasteiger partial charge < -0.3 is 14.4 Å². The Labute approximate surface area is 138 Å². The monoisotopic (exact) mass is 326 g/mol. The van der Waals surface area contributed by atoms with Crippen molar-refractivity contribution in [2.75, 3.05) is 32.8 Å². The summed E-state index contributed by atoms with van der Waals surface area (Å²) in [4.78, 5) is 13.7. The van der Waals surface area contributed by atoms with E-state index < -0.39 is 5.97 Å². The molecule has 0 unspecified atom stereocenters. The van der Waals surface area contributed by atoms with E-state index in [1.165, 1.54) is 0 Å². The minimum absolute atomic E-state index is 0.278. The average Bonchev–Trinajstić information content (AvgIpc) is 3.03. The normalized spacial score (nSPS) is 16.0. The molecule has 2 aromatic carbocycles. The van der Waals surface area contributed by atoms with E-state index in [9.17, 15) is 9.90 Å². The van der Waals surface area contributed by atoms with Crippen molar-refractivity contribution in [1.29, 1.82) is 0 Å². The van der Waals surface area contributed by atoms with Crippen LogP contribution >= 0.6 is 0 Å². The largest absolute Gasteiger partial charge is 0.478 e. The molecule has 24 heavy (non-hydrogen) atoms. The summed E-state index contributed by atoms with van der Waals surface area (Å²) in [7, 11) is 0. The molecular weight excluding hydrogens is 308 g/mol. The zero-order chi connectivity index (χ0) is 16.5. The van der Waals surface area contributed by atoms with Gasteiger partial charge >= 0.3 is 5.97 Å². The summed E-state index contributed by atoms with van der Waals surface area (Å²) in [5.74, 6) is -0.938. The molecule has 2 heterocycles. The number of nitrogens with zero attached hydrogens (tertiary/aromatic N) is 2. The first-order chi connectivity index (χ1) is 11.7.